The van der Waals surface area contributed by atoms with Crippen molar-refractivity contribution in [2.75, 3.05) is 13.2 Å². The summed E-state index contributed by atoms with van der Waals surface area (Å²) in [5.41, 5.74) is 0. The summed E-state index contributed by atoms with van der Waals surface area (Å²) in [5.74, 6) is 0. The van der Waals surface area contributed by atoms with Crippen LogP contribution in [0.1, 0.15) is 13.3 Å². The lowest BCUT2D eigenvalue weighted by Gasteiger charge is -2.04. The average molecular weight is 146 g/mol. The van der Waals surface area contributed by atoms with Crippen LogP contribution in [0.2, 0.25) is 0 Å². The lowest BCUT2D eigenvalue weighted by atomic mass is 10.4. The number of hydrogen-bond donors (Lipinski definition) is 2. The number of allylic oxidation sites excluding steroid dienone is 1. The molecule has 0 saturated heterocycles. The van der Waals surface area contributed by atoms with Crippen LogP contribution in [-0.2, 0) is 4.74 Å². The van der Waals surface area contributed by atoms with Crippen molar-refractivity contribution in [1.29, 1.82) is 0 Å². The largest absolute Gasteiger partial charge is 0.499 e. The minimum absolute atomic E-state index is 0.160. The predicted octanol–water partition coefficient (Wildman–Crippen LogP) is 0.280. The quantitative estimate of drug-likeness (QED) is 0.548. The van der Waals surface area contributed by atoms with Gasteiger partial charge < -0.3 is 14.9 Å². The standard InChI is InChI=1S/C7H14O3/c1-2-3-4-10-6-7(9)5-8/h3-4,7-9H,2,5-6H2,1H3. The highest BCUT2D eigenvalue weighted by atomic mass is 16.5. The molecule has 1 unspecified atom stereocenters. The van der Waals surface area contributed by atoms with Gasteiger partial charge in [-0.1, -0.05) is 13.0 Å². The first-order valence-corrected chi connectivity index (χ1v) is 3.36. The molecule has 10 heavy (non-hydrogen) atoms. The summed E-state index contributed by atoms with van der Waals surface area (Å²) >= 11 is 0. The van der Waals surface area contributed by atoms with Gasteiger partial charge in [-0.2, -0.15) is 0 Å². The second-order valence-electron chi connectivity index (χ2n) is 1.95. The molecule has 0 amide bonds. The van der Waals surface area contributed by atoms with Crippen LogP contribution in [0.15, 0.2) is 12.3 Å². The van der Waals surface area contributed by atoms with Crippen molar-refractivity contribution in [2.24, 2.45) is 0 Å². The number of aliphatic hydroxyl groups excluding tert-OH is 2. The minimum atomic E-state index is -0.762. The molecule has 0 aliphatic carbocycles. The average Bonchev–Trinajstić information content (AvgIpc) is 1.98. The maximum Gasteiger partial charge on any atom is 0.115 e. The monoisotopic (exact) mass is 146 g/mol. The zero-order valence-electron chi connectivity index (χ0n) is 6.16. The molecule has 0 spiro atoms. The SMILES string of the molecule is CCC=COCC(O)CO. The van der Waals surface area contributed by atoms with Crippen LogP contribution < -0.4 is 0 Å². The first kappa shape index (κ1) is 9.46. The van der Waals surface area contributed by atoms with Crippen LogP contribution in [0.5, 0.6) is 0 Å². The predicted molar refractivity (Wildman–Crippen MR) is 38.5 cm³/mol. The van der Waals surface area contributed by atoms with E-state index < -0.39 is 6.10 Å². The van der Waals surface area contributed by atoms with Crippen LogP contribution in [0.25, 0.3) is 0 Å². The normalized spacial score (nSPS) is 13.9. The van der Waals surface area contributed by atoms with Crippen molar-refractivity contribution in [3.05, 3.63) is 12.3 Å². The third-order valence-electron chi connectivity index (χ3n) is 0.928. The summed E-state index contributed by atoms with van der Waals surface area (Å²) in [6.07, 6.45) is 3.51. The van der Waals surface area contributed by atoms with Gasteiger partial charge in [0.25, 0.3) is 0 Å². The Balaban J connectivity index is 3.10. The second kappa shape index (κ2) is 6.58. The van der Waals surface area contributed by atoms with Gasteiger partial charge in [0.2, 0.25) is 0 Å². The molecule has 0 heterocycles. The van der Waals surface area contributed by atoms with Gasteiger partial charge in [0, 0.05) is 0 Å². The fourth-order valence-corrected chi connectivity index (χ4v) is 0.384. The van der Waals surface area contributed by atoms with Crippen molar-refractivity contribution in [1.82, 2.24) is 0 Å². The van der Waals surface area contributed by atoms with Crippen molar-refractivity contribution in [2.45, 2.75) is 19.4 Å². The zero-order valence-corrected chi connectivity index (χ0v) is 6.16. The summed E-state index contributed by atoms with van der Waals surface area (Å²) in [5, 5.41) is 17.1. The van der Waals surface area contributed by atoms with E-state index in [2.05, 4.69) is 0 Å². The van der Waals surface area contributed by atoms with Crippen molar-refractivity contribution in [3.63, 3.8) is 0 Å². The molecule has 0 aromatic heterocycles. The van der Waals surface area contributed by atoms with Crippen molar-refractivity contribution >= 4 is 0 Å². The van der Waals surface area contributed by atoms with Gasteiger partial charge in [-0.25, -0.2) is 0 Å². The van der Waals surface area contributed by atoms with Gasteiger partial charge >= 0.3 is 0 Å². The second-order valence-corrected chi connectivity index (χ2v) is 1.95. The Kier molecular flexibility index (Phi) is 6.22. The molecule has 0 fully saturated rings. The van der Waals surface area contributed by atoms with Gasteiger partial charge in [-0.15, -0.1) is 0 Å². The third-order valence-corrected chi connectivity index (χ3v) is 0.928. The molecule has 1 atom stereocenters. The number of aliphatic hydroxyl groups is 2. The highest BCUT2D eigenvalue weighted by Crippen LogP contribution is 1.86. The van der Waals surface area contributed by atoms with E-state index in [9.17, 15) is 0 Å². The number of rotatable bonds is 5. The van der Waals surface area contributed by atoms with Crippen molar-refractivity contribution in [3.8, 4) is 0 Å². The Morgan fingerprint density at radius 1 is 1.60 bits per heavy atom. The van der Waals surface area contributed by atoms with Crippen LogP contribution >= 0.6 is 0 Å². The summed E-state index contributed by atoms with van der Waals surface area (Å²) in [4.78, 5) is 0. The lowest BCUT2D eigenvalue weighted by molar-refractivity contribution is 0.0383. The Morgan fingerprint density at radius 2 is 2.30 bits per heavy atom. The van der Waals surface area contributed by atoms with E-state index in [4.69, 9.17) is 14.9 Å². The molecular formula is C7H14O3. The third kappa shape index (κ3) is 5.59. The minimum Gasteiger partial charge on any atom is -0.499 e. The fraction of sp³-hybridized carbons (Fsp3) is 0.714. The van der Waals surface area contributed by atoms with Gasteiger partial charge in [0.15, 0.2) is 0 Å². The Morgan fingerprint density at radius 3 is 2.80 bits per heavy atom. The Bertz CT molecular complexity index is 90.9. The molecule has 0 aromatic rings. The van der Waals surface area contributed by atoms with Gasteiger partial charge in [-0.3, -0.25) is 0 Å². The lowest BCUT2D eigenvalue weighted by Crippen LogP contribution is -2.17. The van der Waals surface area contributed by atoms with E-state index in [-0.39, 0.29) is 13.2 Å². The fourth-order valence-electron chi connectivity index (χ4n) is 0.384. The number of hydrogen-bond acceptors (Lipinski definition) is 3. The van der Waals surface area contributed by atoms with Gasteiger partial charge in [0.1, 0.15) is 12.7 Å². The zero-order chi connectivity index (χ0) is 7.82. The van der Waals surface area contributed by atoms with Crippen LogP contribution in [-0.4, -0.2) is 29.5 Å². The highest BCUT2D eigenvalue weighted by Gasteiger charge is 1.98. The topological polar surface area (TPSA) is 49.7 Å². The molecule has 3 nitrogen and oxygen atoms in total. The van der Waals surface area contributed by atoms with Gasteiger partial charge in [-0.05, 0) is 6.42 Å². The Labute approximate surface area is 60.9 Å². The summed E-state index contributed by atoms with van der Waals surface area (Å²) in [6, 6.07) is 0. The van der Waals surface area contributed by atoms with E-state index in [0.717, 1.165) is 6.42 Å². The molecule has 0 aliphatic heterocycles. The van der Waals surface area contributed by atoms with E-state index in [1.54, 1.807) is 0 Å². The van der Waals surface area contributed by atoms with Crippen LogP contribution in [0, 0.1) is 0 Å². The molecule has 60 valence electrons. The summed E-state index contributed by atoms with van der Waals surface area (Å²) in [6.45, 7) is 1.90. The molecule has 2 N–H and O–H groups in total. The summed E-state index contributed by atoms with van der Waals surface area (Å²) < 4.78 is 4.84. The summed E-state index contributed by atoms with van der Waals surface area (Å²) in [7, 11) is 0. The molecule has 0 aromatic carbocycles. The van der Waals surface area contributed by atoms with E-state index >= 15 is 0 Å². The van der Waals surface area contributed by atoms with E-state index in [1.807, 2.05) is 13.0 Å². The van der Waals surface area contributed by atoms with E-state index in [1.165, 1.54) is 6.26 Å². The maximum atomic E-state index is 8.75. The molecule has 0 saturated carbocycles. The first-order valence-electron chi connectivity index (χ1n) is 3.36. The van der Waals surface area contributed by atoms with Crippen molar-refractivity contribution < 1.29 is 14.9 Å². The van der Waals surface area contributed by atoms with Crippen LogP contribution in [0.4, 0.5) is 0 Å². The molecule has 0 aliphatic rings. The maximum absolute atomic E-state index is 8.75. The molecule has 0 radical (unpaired) electrons. The van der Waals surface area contributed by atoms with Crippen LogP contribution in [0.3, 0.4) is 0 Å². The molecular weight excluding hydrogens is 132 g/mol. The van der Waals surface area contributed by atoms with E-state index in [0.29, 0.717) is 0 Å². The smallest absolute Gasteiger partial charge is 0.115 e. The molecule has 0 rings (SSSR count). The molecule has 3 heteroatoms. The number of ether oxygens (including phenoxy) is 1. The molecule has 0 bridgehead atoms. The Hall–Kier alpha value is -0.540. The van der Waals surface area contributed by atoms with Gasteiger partial charge in [0.05, 0.1) is 12.9 Å². The first-order chi connectivity index (χ1) is 4.81. The highest BCUT2D eigenvalue weighted by molar-refractivity contribution is 4.70.